The maximum Gasteiger partial charge on any atom is 0.184 e. The summed E-state index contributed by atoms with van der Waals surface area (Å²) < 4.78 is 0. The molecule has 0 saturated carbocycles. The van der Waals surface area contributed by atoms with Gasteiger partial charge in [-0.2, -0.15) is 5.10 Å². The summed E-state index contributed by atoms with van der Waals surface area (Å²) in [5, 5.41) is 4.31. The molecule has 2 atom stereocenters. The summed E-state index contributed by atoms with van der Waals surface area (Å²) in [5.41, 5.74) is 11.9. The number of nitrogens with two attached hydrogens (primary N) is 1. The zero-order valence-electron chi connectivity index (χ0n) is 10.4. The lowest BCUT2D eigenvalue weighted by atomic mass is 9.92. The average molecular weight is 269 g/mol. The molecule has 0 aromatic heterocycles. The number of hydrazone groups is 1. The Hall–Kier alpha value is -1.94. The quantitative estimate of drug-likeness (QED) is 0.383. The Kier molecular flexibility index (Phi) is 3.17. The second-order valence-electron chi connectivity index (χ2n) is 4.80. The number of allylic oxidation sites excluding steroid dienone is 4. The van der Waals surface area contributed by atoms with Crippen LogP contribution in [0.25, 0.3) is 5.57 Å². The molecule has 1 aromatic carbocycles. The van der Waals surface area contributed by atoms with E-state index in [-0.39, 0.29) is 5.11 Å². The van der Waals surface area contributed by atoms with Crippen molar-refractivity contribution in [1.29, 1.82) is 0 Å². The van der Waals surface area contributed by atoms with Gasteiger partial charge in [-0.05, 0) is 35.3 Å². The molecular formula is C15H15N3S. The lowest BCUT2D eigenvalue weighted by Crippen LogP contribution is -2.24. The van der Waals surface area contributed by atoms with Crippen LogP contribution in [-0.4, -0.2) is 11.3 Å². The van der Waals surface area contributed by atoms with Crippen molar-refractivity contribution in [2.75, 3.05) is 0 Å². The van der Waals surface area contributed by atoms with E-state index in [9.17, 15) is 0 Å². The largest absolute Gasteiger partial charge is 0.375 e. The molecule has 0 radical (unpaired) electrons. The van der Waals surface area contributed by atoms with Crippen molar-refractivity contribution in [3.8, 4) is 0 Å². The molecule has 0 fully saturated rings. The number of nitrogens with zero attached hydrogens (tertiary/aromatic N) is 1. The molecule has 0 heterocycles. The van der Waals surface area contributed by atoms with E-state index in [0.29, 0.717) is 11.8 Å². The van der Waals surface area contributed by atoms with Gasteiger partial charge in [-0.3, -0.25) is 5.43 Å². The van der Waals surface area contributed by atoms with E-state index in [0.717, 1.165) is 6.42 Å². The number of hydrogen-bond acceptors (Lipinski definition) is 2. The van der Waals surface area contributed by atoms with Crippen LogP contribution in [0.1, 0.15) is 12.0 Å². The molecule has 96 valence electrons. The Labute approximate surface area is 117 Å². The van der Waals surface area contributed by atoms with Crippen molar-refractivity contribution >= 4 is 29.1 Å². The Morgan fingerprint density at radius 2 is 2.00 bits per heavy atom. The van der Waals surface area contributed by atoms with Gasteiger partial charge in [0.2, 0.25) is 0 Å². The molecule has 4 heteroatoms. The highest BCUT2D eigenvalue weighted by Gasteiger charge is 2.34. The first-order valence-electron chi connectivity index (χ1n) is 6.32. The Morgan fingerprint density at radius 1 is 1.26 bits per heavy atom. The molecule has 1 aromatic rings. The van der Waals surface area contributed by atoms with Gasteiger partial charge in [0.25, 0.3) is 0 Å². The second kappa shape index (κ2) is 4.97. The van der Waals surface area contributed by atoms with Crippen LogP contribution in [0.2, 0.25) is 0 Å². The molecule has 19 heavy (non-hydrogen) atoms. The molecule has 2 aliphatic rings. The van der Waals surface area contributed by atoms with E-state index < -0.39 is 0 Å². The van der Waals surface area contributed by atoms with Gasteiger partial charge in [-0.25, -0.2) is 0 Å². The zero-order chi connectivity index (χ0) is 13.2. The first-order valence-corrected chi connectivity index (χ1v) is 6.73. The Bertz CT molecular complexity index is 587. The molecule has 3 rings (SSSR count). The molecule has 0 unspecified atom stereocenters. The maximum atomic E-state index is 5.38. The lowest BCUT2D eigenvalue weighted by Gasteiger charge is -2.13. The summed E-state index contributed by atoms with van der Waals surface area (Å²) in [5.74, 6) is 0.982. The number of nitrogens with one attached hydrogen (secondary N) is 1. The fourth-order valence-corrected chi connectivity index (χ4v) is 2.94. The average Bonchev–Trinajstić information content (AvgIpc) is 3.00. The molecule has 0 spiro atoms. The lowest BCUT2D eigenvalue weighted by molar-refractivity contribution is 0.730. The minimum absolute atomic E-state index is 0.191. The topological polar surface area (TPSA) is 50.4 Å². The van der Waals surface area contributed by atoms with E-state index in [4.69, 9.17) is 18.0 Å². The number of hydrogen-bond donors (Lipinski definition) is 2. The highest BCUT2D eigenvalue weighted by Crippen LogP contribution is 2.47. The van der Waals surface area contributed by atoms with Crippen LogP contribution in [-0.2, 0) is 0 Å². The molecule has 3 N–H and O–H groups in total. The molecule has 0 amide bonds. The fraction of sp³-hybridized carbons (Fsp3) is 0.200. The van der Waals surface area contributed by atoms with Crippen molar-refractivity contribution in [3.63, 3.8) is 0 Å². The summed E-state index contributed by atoms with van der Waals surface area (Å²) in [6.45, 7) is 0. The van der Waals surface area contributed by atoms with Crippen LogP contribution < -0.4 is 11.2 Å². The van der Waals surface area contributed by atoms with Crippen molar-refractivity contribution in [2.24, 2.45) is 22.7 Å². The third kappa shape index (κ3) is 2.31. The standard InChI is InChI=1S/C15H15N3S/c16-15(19)18-17-9-13-11-6-7-12(8-11)14(13)10-4-2-1-3-5-10/h1-7,9,11-12H,8H2,(H3,16,18,19)/b17-9-/t11-,12-/m0/s1. The summed E-state index contributed by atoms with van der Waals surface area (Å²) in [6, 6.07) is 10.5. The normalized spacial score (nSPS) is 24.4. The SMILES string of the molecule is NC(=S)N/N=C\C1=C(c2ccccc2)[C@H]2C=C[C@H]1C2. The fourth-order valence-electron chi connectivity index (χ4n) is 2.89. The Balaban J connectivity index is 1.95. The summed E-state index contributed by atoms with van der Waals surface area (Å²) >= 11 is 4.75. The van der Waals surface area contributed by atoms with Gasteiger partial charge in [-0.1, -0.05) is 42.5 Å². The van der Waals surface area contributed by atoms with E-state index >= 15 is 0 Å². The number of fused-ring (bicyclic) bond motifs is 2. The Morgan fingerprint density at radius 3 is 2.74 bits per heavy atom. The van der Waals surface area contributed by atoms with Crippen LogP contribution in [0.4, 0.5) is 0 Å². The predicted octanol–water partition coefficient (Wildman–Crippen LogP) is 2.47. The van der Waals surface area contributed by atoms with Crippen LogP contribution in [0.15, 0.2) is 53.2 Å². The minimum atomic E-state index is 0.191. The summed E-state index contributed by atoms with van der Waals surface area (Å²) in [6.07, 6.45) is 7.57. The maximum absolute atomic E-state index is 5.38. The van der Waals surface area contributed by atoms with Crippen molar-refractivity contribution in [1.82, 2.24) is 5.43 Å². The number of benzene rings is 1. The first kappa shape index (κ1) is 12.1. The van der Waals surface area contributed by atoms with Gasteiger partial charge in [0.15, 0.2) is 5.11 Å². The van der Waals surface area contributed by atoms with E-state index in [1.54, 1.807) is 0 Å². The molecule has 2 aliphatic carbocycles. The molecule has 0 aliphatic heterocycles. The van der Waals surface area contributed by atoms with Crippen molar-refractivity contribution in [3.05, 3.63) is 53.6 Å². The van der Waals surface area contributed by atoms with Gasteiger partial charge in [0.1, 0.15) is 0 Å². The third-order valence-corrected chi connectivity index (χ3v) is 3.72. The van der Waals surface area contributed by atoms with Gasteiger partial charge in [0, 0.05) is 11.8 Å². The highest BCUT2D eigenvalue weighted by molar-refractivity contribution is 7.80. The van der Waals surface area contributed by atoms with E-state index in [1.807, 2.05) is 12.3 Å². The van der Waals surface area contributed by atoms with Crippen LogP contribution in [0.5, 0.6) is 0 Å². The van der Waals surface area contributed by atoms with Crippen molar-refractivity contribution in [2.45, 2.75) is 6.42 Å². The number of thiocarbonyl (C=S) groups is 1. The summed E-state index contributed by atoms with van der Waals surface area (Å²) in [4.78, 5) is 0. The van der Waals surface area contributed by atoms with Crippen molar-refractivity contribution < 1.29 is 0 Å². The first-order chi connectivity index (χ1) is 9.25. The smallest absolute Gasteiger partial charge is 0.184 e. The zero-order valence-corrected chi connectivity index (χ0v) is 11.2. The van der Waals surface area contributed by atoms with Gasteiger partial charge in [-0.15, -0.1) is 0 Å². The molecule has 2 bridgehead atoms. The second-order valence-corrected chi connectivity index (χ2v) is 5.24. The molecular weight excluding hydrogens is 254 g/mol. The molecule has 3 nitrogen and oxygen atoms in total. The van der Waals surface area contributed by atoms with Gasteiger partial charge < -0.3 is 5.73 Å². The van der Waals surface area contributed by atoms with Crippen LogP contribution in [0.3, 0.4) is 0 Å². The van der Waals surface area contributed by atoms with E-state index in [2.05, 4.69) is 46.9 Å². The number of rotatable bonds is 3. The monoisotopic (exact) mass is 269 g/mol. The minimum Gasteiger partial charge on any atom is -0.375 e. The van der Waals surface area contributed by atoms with Crippen LogP contribution in [0, 0.1) is 11.8 Å². The summed E-state index contributed by atoms with van der Waals surface area (Å²) in [7, 11) is 0. The van der Waals surface area contributed by atoms with Gasteiger partial charge >= 0.3 is 0 Å². The van der Waals surface area contributed by atoms with Gasteiger partial charge in [0.05, 0.1) is 6.21 Å². The predicted molar refractivity (Wildman–Crippen MR) is 82.5 cm³/mol. The van der Waals surface area contributed by atoms with E-state index in [1.165, 1.54) is 16.7 Å². The highest BCUT2D eigenvalue weighted by atomic mass is 32.1. The molecule has 0 saturated heterocycles. The third-order valence-electron chi connectivity index (χ3n) is 3.63. The van der Waals surface area contributed by atoms with Crippen LogP contribution >= 0.6 is 12.2 Å².